The van der Waals surface area contributed by atoms with Crippen LogP contribution in [0.15, 0.2) is 12.1 Å². The standard InChI is InChI=1S/C15H16ClNO5/c16-11-4-8(5-12-13(11)22-3-1-2-21-12)7-17-14(18)9-6-10(9)15(19)20/h4-5,9-10H,1-3,6-7H2,(H,17,18)(H,19,20). The van der Waals surface area contributed by atoms with Crippen molar-refractivity contribution in [2.45, 2.75) is 19.4 Å². The highest BCUT2D eigenvalue weighted by Gasteiger charge is 2.48. The quantitative estimate of drug-likeness (QED) is 0.882. The number of hydrogen-bond donors (Lipinski definition) is 2. The number of halogens is 1. The molecule has 1 aliphatic heterocycles. The van der Waals surface area contributed by atoms with E-state index in [1.165, 1.54) is 0 Å². The van der Waals surface area contributed by atoms with Gasteiger partial charge in [0.2, 0.25) is 5.91 Å². The number of carboxylic acids is 1. The van der Waals surface area contributed by atoms with Crippen LogP contribution in [0.1, 0.15) is 18.4 Å². The van der Waals surface area contributed by atoms with Gasteiger partial charge in [-0.3, -0.25) is 9.59 Å². The number of carbonyl (C=O) groups is 2. The summed E-state index contributed by atoms with van der Waals surface area (Å²) >= 11 is 6.18. The summed E-state index contributed by atoms with van der Waals surface area (Å²) in [5.74, 6) is -1.03. The molecule has 7 heteroatoms. The molecule has 1 aromatic carbocycles. The van der Waals surface area contributed by atoms with Crippen LogP contribution >= 0.6 is 11.6 Å². The lowest BCUT2D eigenvalue weighted by Gasteiger charge is -2.12. The van der Waals surface area contributed by atoms with Gasteiger partial charge in [-0.05, 0) is 24.1 Å². The van der Waals surface area contributed by atoms with Crippen molar-refractivity contribution in [3.8, 4) is 11.5 Å². The van der Waals surface area contributed by atoms with E-state index in [1.807, 2.05) is 0 Å². The van der Waals surface area contributed by atoms with Gasteiger partial charge in [0, 0.05) is 13.0 Å². The van der Waals surface area contributed by atoms with Crippen molar-refractivity contribution in [2.24, 2.45) is 11.8 Å². The van der Waals surface area contributed by atoms with E-state index in [1.54, 1.807) is 12.1 Å². The molecule has 1 amide bonds. The zero-order chi connectivity index (χ0) is 15.7. The Kier molecular flexibility index (Phi) is 4.11. The molecule has 2 N–H and O–H groups in total. The third-order valence-corrected chi connectivity index (χ3v) is 4.05. The van der Waals surface area contributed by atoms with Crippen LogP contribution in [0.4, 0.5) is 0 Å². The maximum absolute atomic E-state index is 11.9. The molecule has 22 heavy (non-hydrogen) atoms. The predicted molar refractivity (Wildman–Crippen MR) is 78.1 cm³/mol. The van der Waals surface area contributed by atoms with Crippen LogP contribution < -0.4 is 14.8 Å². The first-order valence-corrected chi connectivity index (χ1v) is 7.52. The lowest BCUT2D eigenvalue weighted by molar-refractivity contribution is -0.140. The third kappa shape index (κ3) is 3.11. The largest absolute Gasteiger partial charge is 0.489 e. The topological polar surface area (TPSA) is 84.9 Å². The fourth-order valence-corrected chi connectivity index (χ4v) is 2.75. The van der Waals surface area contributed by atoms with E-state index < -0.39 is 17.8 Å². The maximum atomic E-state index is 11.9. The van der Waals surface area contributed by atoms with Gasteiger partial charge in [0.15, 0.2) is 11.5 Å². The van der Waals surface area contributed by atoms with E-state index in [4.69, 9.17) is 26.2 Å². The second-order valence-corrected chi connectivity index (χ2v) is 5.87. The van der Waals surface area contributed by atoms with Gasteiger partial charge < -0.3 is 19.9 Å². The summed E-state index contributed by atoms with van der Waals surface area (Å²) in [6, 6.07) is 3.51. The smallest absolute Gasteiger partial charge is 0.307 e. The Labute approximate surface area is 132 Å². The van der Waals surface area contributed by atoms with Gasteiger partial charge >= 0.3 is 5.97 Å². The molecule has 1 heterocycles. The SMILES string of the molecule is O=C(O)C1CC1C(=O)NCc1cc(Cl)c2c(c1)OCCCO2. The van der Waals surface area contributed by atoms with Crippen LogP contribution in [0.25, 0.3) is 0 Å². The number of aliphatic carboxylic acids is 1. The molecule has 1 saturated carbocycles. The predicted octanol–water partition coefficient (Wildman–Crippen LogP) is 1.84. The van der Waals surface area contributed by atoms with Gasteiger partial charge in [-0.15, -0.1) is 0 Å². The molecule has 1 aromatic rings. The average Bonchev–Trinajstić information content (AvgIpc) is 3.28. The van der Waals surface area contributed by atoms with E-state index in [-0.39, 0.29) is 12.5 Å². The van der Waals surface area contributed by atoms with Crippen molar-refractivity contribution >= 4 is 23.5 Å². The molecule has 6 nitrogen and oxygen atoms in total. The molecule has 118 valence electrons. The van der Waals surface area contributed by atoms with Gasteiger partial charge in [-0.25, -0.2) is 0 Å². The molecule has 2 unspecified atom stereocenters. The summed E-state index contributed by atoms with van der Waals surface area (Å²) < 4.78 is 11.1. The molecule has 1 aliphatic carbocycles. The zero-order valence-electron chi connectivity index (χ0n) is 11.8. The second-order valence-electron chi connectivity index (χ2n) is 5.46. The molecule has 0 bridgehead atoms. The van der Waals surface area contributed by atoms with Crippen molar-refractivity contribution in [3.63, 3.8) is 0 Å². The first-order valence-electron chi connectivity index (χ1n) is 7.15. The summed E-state index contributed by atoms with van der Waals surface area (Å²) in [7, 11) is 0. The number of hydrogen-bond acceptors (Lipinski definition) is 4. The normalized spacial score (nSPS) is 22.6. The van der Waals surface area contributed by atoms with E-state index in [0.717, 1.165) is 12.0 Å². The number of carboxylic acid groups (broad SMARTS) is 1. The summed E-state index contributed by atoms with van der Waals surface area (Å²) in [5.41, 5.74) is 0.787. The highest BCUT2D eigenvalue weighted by atomic mass is 35.5. The molecule has 0 spiro atoms. The fourth-order valence-electron chi connectivity index (χ4n) is 2.46. The van der Waals surface area contributed by atoms with Crippen LogP contribution in [0, 0.1) is 11.8 Å². The maximum Gasteiger partial charge on any atom is 0.307 e. The van der Waals surface area contributed by atoms with Crippen LogP contribution in [-0.2, 0) is 16.1 Å². The Morgan fingerprint density at radius 1 is 1.27 bits per heavy atom. The van der Waals surface area contributed by atoms with Crippen molar-refractivity contribution in [1.29, 1.82) is 0 Å². The minimum absolute atomic E-state index is 0.240. The van der Waals surface area contributed by atoms with E-state index in [0.29, 0.717) is 36.2 Å². The number of amides is 1. The molecule has 3 rings (SSSR count). The van der Waals surface area contributed by atoms with Gasteiger partial charge in [0.25, 0.3) is 0 Å². The van der Waals surface area contributed by atoms with Crippen LogP contribution in [-0.4, -0.2) is 30.2 Å². The van der Waals surface area contributed by atoms with Gasteiger partial charge in [0.05, 0.1) is 30.1 Å². The lowest BCUT2D eigenvalue weighted by Crippen LogP contribution is -2.25. The third-order valence-electron chi connectivity index (χ3n) is 3.77. The minimum Gasteiger partial charge on any atom is -0.489 e. The highest BCUT2D eigenvalue weighted by Crippen LogP contribution is 2.39. The first kappa shape index (κ1) is 15.0. The van der Waals surface area contributed by atoms with Crippen molar-refractivity contribution in [3.05, 3.63) is 22.7 Å². The van der Waals surface area contributed by atoms with E-state index in [9.17, 15) is 9.59 Å². The highest BCUT2D eigenvalue weighted by molar-refractivity contribution is 6.32. The van der Waals surface area contributed by atoms with Crippen LogP contribution in [0.5, 0.6) is 11.5 Å². The van der Waals surface area contributed by atoms with Crippen molar-refractivity contribution in [1.82, 2.24) is 5.32 Å². The number of fused-ring (bicyclic) bond motifs is 1. The number of benzene rings is 1. The van der Waals surface area contributed by atoms with Gasteiger partial charge in [-0.1, -0.05) is 11.6 Å². The van der Waals surface area contributed by atoms with Crippen molar-refractivity contribution in [2.75, 3.05) is 13.2 Å². The first-order chi connectivity index (χ1) is 10.6. The van der Waals surface area contributed by atoms with Gasteiger partial charge in [0.1, 0.15) is 0 Å². The Balaban J connectivity index is 1.64. The van der Waals surface area contributed by atoms with Crippen molar-refractivity contribution < 1.29 is 24.2 Å². The molecule has 2 atom stereocenters. The van der Waals surface area contributed by atoms with E-state index in [2.05, 4.69) is 5.32 Å². The van der Waals surface area contributed by atoms with Gasteiger partial charge in [-0.2, -0.15) is 0 Å². The molecular weight excluding hydrogens is 310 g/mol. The fraction of sp³-hybridized carbons (Fsp3) is 0.467. The summed E-state index contributed by atoms with van der Waals surface area (Å²) in [6.07, 6.45) is 1.19. The summed E-state index contributed by atoms with van der Waals surface area (Å²) in [5, 5.41) is 12.0. The Bertz CT molecular complexity index is 618. The summed E-state index contributed by atoms with van der Waals surface area (Å²) in [6.45, 7) is 1.39. The Morgan fingerprint density at radius 2 is 2.05 bits per heavy atom. The molecule has 0 saturated heterocycles. The monoisotopic (exact) mass is 325 g/mol. The molecule has 0 radical (unpaired) electrons. The molecular formula is C15H16ClNO5. The molecule has 1 fully saturated rings. The van der Waals surface area contributed by atoms with E-state index >= 15 is 0 Å². The average molecular weight is 326 g/mol. The lowest BCUT2D eigenvalue weighted by atomic mass is 10.2. The van der Waals surface area contributed by atoms with Crippen LogP contribution in [0.2, 0.25) is 5.02 Å². The Hall–Kier alpha value is -1.95. The second kappa shape index (κ2) is 6.04. The zero-order valence-corrected chi connectivity index (χ0v) is 12.6. The minimum atomic E-state index is -0.918. The number of ether oxygens (including phenoxy) is 2. The number of carbonyl (C=O) groups excluding carboxylic acids is 1. The number of rotatable bonds is 4. The van der Waals surface area contributed by atoms with Crippen LogP contribution in [0.3, 0.4) is 0 Å². The summed E-state index contributed by atoms with van der Waals surface area (Å²) in [4.78, 5) is 22.6. The number of nitrogens with one attached hydrogen (secondary N) is 1. The Morgan fingerprint density at radius 3 is 2.77 bits per heavy atom. The molecule has 2 aliphatic rings. The molecule has 0 aromatic heterocycles.